The average molecular weight is 420 g/mol. The number of benzene rings is 1. The van der Waals surface area contributed by atoms with Gasteiger partial charge in [0.25, 0.3) is 0 Å². The van der Waals surface area contributed by atoms with Gasteiger partial charge in [0.15, 0.2) is 5.96 Å². The van der Waals surface area contributed by atoms with Crippen LogP contribution >= 0.6 is 11.6 Å². The summed E-state index contributed by atoms with van der Waals surface area (Å²) in [5.74, 6) is 2.07. The number of hydrogen-bond acceptors (Lipinski definition) is 4. The molecule has 1 aromatic heterocycles. The van der Waals surface area contributed by atoms with E-state index in [0.29, 0.717) is 23.4 Å². The van der Waals surface area contributed by atoms with E-state index in [0.717, 1.165) is 50.7 Å². The highest BCUT2D eigenvalue weighted by Gasteiger charge is 2.25. The summed E-state index contributed by atoms with van der Waals surface area (Å²) in [4.78, 5) is 10.9. The largest absolute Gasteiger partial charge is 0.494 e. The molecule has 1 saturated heterocycles. The van der Waals surface area contributed by atoms with Crippen LogP contribution < -0.4 is 20.3 Å². The number of unbranched alkanes of at least 4 members (excludes halogenated alkanes) is 1. The molecular formula is C21H27ClFN5O. The predicted molar refractivity (Wildman–Crippen MR) is 115 cm³/mol. The first-order chi connectivity index (χ1) is 14.2. The molecular weight excluding hydrogens is 393 g/mol. The summed E-state index contributed by atoms with van der Waals surface area (Å²) >= 11 is 6.25. The number of halogens is 2. The number of ether oxygens (including phenoxy) is 1. The fourth-order valence-corrected chi connectivity index (χ4v) is 3.46. The Labute approximate surface area is 176 Å². The Balaban J connectivity index is 1.32. The van der Waals surface area contributed by atoms with Gasteiger partial charge in [-0.3, -0.25) is 4.99 Å². The molecule has 1 fully saturated rings. The lowest BCUT2D eigenvalue weighted by Gasteiger charge is -2.20. The summed E-state index contributed by atoms with van der Waals surface area (Å²) in [6.45, 7) is 3.14. The fraction of sp³-hybridized carbons (Fsp3) is 0.429. The highest BCUT2D eigenvalue weighted by molar-refractivity contribution is 6.32. The molecule has 1 aliphatic rings. The zero-order chi connectivity index (χ0) is 20.5. The Bertz CT molecular complexity index is 802. The number of nitrogens with zero attached hydrogens (tertiary/aromatic N) is 3. The van der Waals surface area contributed by atoms with Crippen LogP contribution in [0.1, 0.15) is 19.3 Å². The number of aromatic nitrogens is 1. The number of anilines is 1. The summed E-state index contributed by atoms with van der Waals surface area (Å²) < 4.78 is 18.5. The molecule has 0 radical (unpaired) electrons. The maximum atomic E-state index is 12.9. The van der Waals surface area contributed by atoms with E-state index >= 15 is 0 Å². The lowest BCUT2D eigenvalue weighted by Crippen LogP contribution is -2.45. The Kier molecular flexibility index (Phi) is 7.93. The molecule has 1 atom stereocenters. The minimum atomic E-state index is -0.256. The lowest BCUT2D eigenvalue weighted by molar-refractivity contribution is 0.306. The van der Waals surface area contributed by atoms with Crippen molar-refractivity contribution < 1.29 is 9.13 Å². The standard InChI is InChI=1S/C21H27ClFN5O/c1-24-21(26-11-2-3-14-29-18-8-6-16(23)7-9-18)27-17-10-13-28(15-17)20-19(22)5-4-12-25-20/h4-9,12,17H,2-3,10-11,13-15H2,1H3,(H2,24,26,27). The van der Waals surface area contributed by atoms with Crippen LogP contribution in [0.15, 0.2) is 47.6 Å². The maximum absolute atomic E-state index is 12.9. The Morgan fingerprint density at radius 2 is 2.14 bits per heavy atom. The number of aliphatic imine (C=N–C) groups is 1. The van der Waals surface area contributed by atoms with Gasteiger partial charge < -0.3 is 20.3 Å². The monoisotopic (exact) mass is 419 g/mol. The van der Waals surface area contributed by atoms with Gasteiger partial charge in [-0.1, -0.05) is 11.6 Å². The Morgan fingerprint density at radius 3 is 2.90 bits per heavy atom. The van der Waals surface area contributed by atoms with Crippen molar-refractivity contribution in [2.45, 2.75) is 25.3 Å². The average Bonchev–Trinajstić information content (AvgIpc) is 3.19. The van der Waals surface area contributed by atoms with Crippen molar-refractivity contribution >= 4 is 23.4 Å². The lowest BCUT2D eigenvalue weighted by atomic mass is 10.3. The van der Waals surface area contributed by atoms with Gasteiger partial charge in [-0.25, -0.2) is 9.37 Å². The van der Waals surface area contributed by atoms with Crippen LogP contribution in [0.2, 0.25) is 5.02 Å². The number of hydrogen-bond donors (Lipinski definition) is 2. The molecule has 8 heteroatoms. The molecule has 0 aliphatic carbocycles. The first-order valence-corrected chi connectivity index (χ1v) is 10.2. The van der Waals surface area contributed by atoms with E-state index in [-0.39, 0.29) is 5.82 Å². The predicted octanol–water partition coefficient (Wildman–Crippen LogP) is 3.48. The van der Waals surface area contributed by atoms with Crippen molar-refractivity contribution in [1.29, 1.82) is 0 Å². The molecule has 0 amide bonds. The van der Waals surface area contributed by atoms with Gasteiger partial charge in [0, 0.05) is 38.9 Å². The molecule has 0 bridgehead atoms. The van der Waals surface area contributed by atoms with E-state index < -0.39 is 0 Å². The molecule has 1 aliphatic heterocycles. The minimum Gasteiger partial charge on any atom is -0.494 e. The smallest absolute Gasteiger partial charge is 0.191 e. The zero-order valence-corrected chi connectivity index (χ0v) is 17.3. The second-order valence-corrected chi connectivity index (χ2v) is 7.30. The molecule has 6 nitrogen and oxygen atoms in total. The van der Waals surface area contributed by atoms with E-state index in [1.165, 1.54) is 12.1 Å². The summed E-state index contributed by atoms with van der Waals surface area (Å²) in [6.07, 6.45) is 4.61. The molecule has 1 aromatic carbocycles. The van der Waals surface area contributed by atoms with Crippen molar-refractivity contribution in [3.63, 3.8) is 0 Å². The number of pyridine rings is 1. The fourth-order valence-electron chi connectivity index (χ4n) is 3.22. The third-order valence-electron chi connectivity index (χ3n) is 4.74. The van der Waals surface area contributed by atoms with Crippen molar-refractivity contribution in [3.05, 3.63) is 53.4 Å². The van der Waals surface area contributed by atoms with Crippen molar-refractivity contribution in [1.82, 2.24) is 15.6 Å². The Hall–Kier alpha value is -2.54. The zero-order valence-electron chi connectivity index (χ0n) is 16.6. The summed E-state index contributed by atoms with van der Waals surface area (Å²) in [6, 6.07) is 10.1. The summed E-state index contributed by atoms with van der Waals surface area (Å²) in [5.41, 5.74) is 0. The van der Waals surface area contributed by atoms with E-state index in [1.54, 1.807) is 25.4 Å². The summed E-state index contributed by atoms with van der Waals surface area (Å²) in [5, 5.41) is 7.49. The van der Waals surface area contributed by atoms with Crippen LogP contribution in [0.25, 0.3) is 0 Å². The number of rotatable bonds is 8. The molecule has 2 aromatic rings. The minimum absolute atomic E-state index is 0.256. The molecule has 1 unspecified atom stereocenters. The molecule has 0 spiro atoms. The van der Waals surface area contributed by atoms with Gasteiger partial charge in [-0.15, -0.1) is 0 Å². The SMILES string of the molecule is CN=C(NCCCCOc1ccc(F)cc1)NC1CCN(c2ncccc2Cl)C1. The second kappa shape index (κ2) is 10.9. The van der Waals surface area contributed by atoms with Crippen LogP contribution in [0.4, 0.5) is 10.2 Å². The topological polar surface area (TPSA) is 61.8 Å². The number of guanidine groups is 1. The molecule has 2 N–H and O–H groups in total. The van der Waals surface area contributed by atoms with Gasteiger partial charge >= 0.3 is 0 Å². The van der Waals surface area contributed by atoms with Crippen LogP contribution in [-0.2, 0) is 0 Å². The third-order valence-corrected chi connectivity index (χ3v) is 5.03. The van der Waals surface area contributed by atoms with Gasteiger partial charge in [0.05, 0.1) is 11.6 Å². The van der Waals surface area contributed by atoms with Crippen molar-refractivity contribution in [2.75, 3.05) is 38.2 Å². The Morgan fingerprint density at radius 1 is 1.31 bits per heavy atom. The first kappa shape index (κ1) is 21.2. The van der Waals surface area contributed by atoms with E-state index in [4.69, 9.17) is 16.3 Å². The van der Waals surface area contributed by atoms with Gasteiger partial charge in [-0.05, 0) is 55.7 Å². The second-order valence-electron chi connectivity index (χ2n) is 6.89. The van der Waals surface area contributed by atoms with E-state index in [9.17, 15) is 4.39 Å². The van der Waals surface area contributed by atoms with Gasteiger partial charge in [-0.2, -0.15) is 0 Å². The molecule has 29 heavy (non-hydrogen) atoms. The molecule has 156 valence electrons. The van der Waals surface area contributed by atoms with Crippen LogP contribution in [0.3, 0.4) is 0 Å². The highest BCUT2D eigenvalue weighted by Crippen LogP contribution is 2.25. The van der Waals surface area contributed by atoms with Crippen LogP contribution in [0, 0.1) is 5.82 Å². The normalized spacial score (nSPS) is 16.7. The first-order valence-electron chi connectivity index (χ1n) is 9.86. The van der Waals surface area contributed by atoms with Gasteiger partial charge in [0.1, 0.15) is 17.4 Å². The summed E-state index contributed by atoms with van der Waals surface area (Å²) in [7, 11) is 1.77. The third kappa shape index (κ3) is 6.49. The van der Waals surface area contributed by atoms with Crippen molar-refractivity contribution in [3.8, 4) is 5.75 Å². The number of nitrogens with one attached hydrogen (secondary N) is 2. The quantitative estimate of drug-likeness (QED) is 0.389. The van der Waals surface area contributed by atoms with Crippen molar-refractivity contribution in [2.24, 2.45) is 4.99 Å². The van der Waals surface area contributed by atoms with Crippen LogP contribution in [-0.4, -0.2) is 50.3 Å². The highest BCUT2D eigenvalue weighted by atomic mass is 35.5. The molecule has 0 saturated carbocycles. The molecule has 3 rings (SSSR count). The maximum Gasteiger partial charge on any atom is 0.191 e. The molecule has 2 heterocycles. The van der Waals surface area contributed by atoms with Crippen LogP contribution in [0.5, 0.6) is 5.75 Å². The van der Waals surface area contributed by atoms with E-state index in [2.05, 4.69) is 25.5 Å². The van der Waals surface area contributed by atoms with Gasteiger partial charge in [0.2, 0.25) is 0 Å². The van der Waals surface area contributed by atoms with E-state index in [1.807, 2.05) is 12.1 Å².